The van der Waals surface area contributed by atoms with Gasteiger partial charge in [0.05, 0.1) is 25.4 Å². The van der Waals surface area contributed by atoms with E-state index in [1.807, 2.05) is 6.92 Å². The molecule has 4 heteroatoms. The van der Waals surface area contributed by atoms with E-state index in [0.717, 1.165) is 0 Å². The van der Waals surface area contributed by atoms with Crippen LogP contribution in [0.5, 0.6) is 0 Å². The van der Waals surface area contributed by atoms with E-state index in [9.17, 15) is 0 Å². The molecule has 12 heavy (non-hydrogen) atoms. The molecule has 0 aromatic heterocycles. The van der Waals surface area contributed by atoms with Gasteiger partial charge in [0.2, 0.25) is 0 Å². The topological polar surface area (TPSA) is 69.9 Å². The normalized spacial score (nSPS) is 18.8. The number of rotatable bonds is 6. The Morgan fingerprint density at radius 3 is 2.25 bits per heavy atom. The molecular weight excluding hydrogens is 160 g/mol. The summed E-state index contributed by atoms with van der Waals surface area (Å²) in [5.74, 6) is 0. The Labute approximate surface area is 72.8 Å². The Kier molecular flexibility index (Phi) is 6.28. The summed E-state index contributed by atoms with van der Waals surface area (Å²) in [7, 11) is 0. The average Bonchev–Trinajstić information content (AvgIpc) is 2.04. The first-order chi connectivity index (χ1) is 5.61. The van der Waals surface area contributed by atoms with Crippen molar-refractivity contribution in [3.8, 4) is 0 Å². The molecular formula is C8H18O4. The van der Waals surface area contributed by atoms with Gasteiger partial charge in [-0.05, 0) is 13.3 Å². The molecule has 0 saturated carbocycles. The van der Waals surface area contributed by atoms with Crippen molar-refractivity contribution < 1.29 is 20.1 Å². The maximum absolute atomic E-state index is 9.13. The summed E-state index contributed by atoms with van der Waals surface area (Å²) in [6, 6.07) is 0. The van der Waals surface area contributed by atoms with E-state index in [4.69, 9.17) is 20.1 Å². The molecule has 0 aliphatic carbocycles. The highest BCUT2D eigenvalue weighted by atomic mass is 16.5. The van der Waals surface area contributed by atoms with Crippen molar-refractivity contribution >= 4 is 0 Å². The minimum Gasteiger partial charge on any atom is -0.394 e. The van der Waals surface area contributed by atoms with Crippen LogP contribution in [0, 0.1) is 0 Å². The molecule has 0 unspecified atom stereocenters. The summed E-state index contributed by atoms with van der Waals surface area (Å²) in [6.45, 7) is 3.29. The predicted octanol–water partition coefficient (Wildman–Crippen LogP) is -0.484. The third-order valence-corrected chi connectivity index (χ3v) is 1.65. The van der Waals surface area contributed by atoms with Gasteiger partial charge in [-0.2, -0.15) is 0 Å². The second-order valence-electron chi connectivity index (χ2n) is 2.86. The van der Waals surface area contributed by atoms with Crippen molar-refractivity contribution in [2.75, 3.05) is 13.2 Å². The maximum atomic E-state index is 9.13. The summed E-state index contributed by atoms with van der Waals surface area (Å²) in [4.78, 5) is 0. The van der Waals surface area contributed by atoms with E-state index in [1.165, 1.54) is 0 Å². The first kappa shape index (κ1) is 11.8. The fourth-order valence-electron chi connectivity index (χ4n) is 0.886. The van der Waals surface area contributed by atoms with Gasteiger partial charge >= 0.3 is 0 Å². The van der Waals surface area contributed by atoms with Gasteiger partial charge in [0, 0.05) is 0 Å². The van der Waals surface area contributed by atoms with Crippen LogP contribution in [0.15, 0.2) is 0 Å². The number of hydrogen-bond acceptors (Lipinski definition) is 4. The minimum absolute atomic E-state index is 0.0694. The number of hydrogen-bond donors (Lipinski definition) is 3. The highest BCUT2D eigenvalue weighted by Gasteiger charge is 2.14. The lowest BCUT2D eigenvalue weighted by Gasteiger charge is -2.20. The van der Waals surface area contributed by atoms with Crippen LogP contribution in [0.2, 0.25) is 0 Å². The Morgan fingerprint density at radius 2 is 1.92 bits per heavy atom. The van der Waals surface area contributed by atoms with E-state index >= 15 is 0 Å². The predicted molar refractivity (Wildman–Crippen MR) is 44.8 cm³/mol. The third-order valence-electron chi connectivity index (χ3n) is 1.65. The lowest BCUT2D eigenvalue weighted by Crippen LogP contribution is -2.30. The molecule has 0 fully saturated rings. The molecule has 3 N–H and O–H groups in total. The molecule has 0 saturated heterocycles. The Bertz CT molecular complexity index is 105. The van der Waals surface area contributed by atoms with Gasteiger partial charge in [-0.1, -0.05) is 6.92 Å². The minimum atomic E-state index is -0.849. The third kappa shape index (κ3) is 4.66. The van der Waals surface area contributed by atoms with Gasteiger partial charge in [0.15, 0.2) is 0 Å². The maximum Gasteiger partial charge on any atom is 0.100 e. The molecule has 0 aromatic rings. The summed E-state index contributed by atoms with van der Waals surface area (Å²) < 4.78 is 5.15. The number of aliphatic hydroxyl groups is 3. The Hall–Kier alpha value is -0.160. The zero-order chi connectivity index (χ0) is 9.56. The Morgan fingerprint density at radius 1 is 1.33 bits per heavy atom. The van der Waals surface area contributed by atoms with E-state index in [0.29, 0.717) is 6.42 Å². The molecule has 0 aliphatic heterocycles. The van der Waals surface area contributed by atoms with Crippen LogP contribution in [0.4, 0.5) is 0 Å². The summed E-state index contributed by atoms with van der Waals surface area (Å²) in [5, 5.41) is 26.5. The molecule has 3 atom stereocenters. The lowest BCUT2D eigenvalue weighted by atomic mass is 10.2. The van der Waals surface area contributed by atoms with Crippen molar-refractivity contribution in [3.05, 3.63) is 0 Å². The molecule has 0 bridgehead atoms. The van der Waals surface area contributed by atoms with E-state index in [-0.39, 0.29) is 19.3 Å². The van der Waals surface area contributed by atoms with Crippen LogP contribution in [0.25, 0.3) is 0 Å². The van der Waals surface area contributed by atoms with E-state index < -0.39 is 12.2 Å². The van der Waals surface area contributed by atoms with Gasteiger partial charge in [-0.25, -0.2) is 0 Å². The van der Waals surface area contributed by atoms with Crippen molar-refractivity contribution in [1.82, 2.24) is 0 Å². The van der Waals surface area contributed by atoms with Crippen LogP contribution in [0.3, 0.4) is 0 Å². The summed E-state index contributed by atoms with van der Waals surface area (Å²) >= 11 is 0. The van der Waals surface area contributed by atoms with Gasteiger partial charge in [-0.15, -0.1) is 0 Å². The SMILES string of the molecule is CC[C@H](OC[C@@H](O)CO)[C@H](C)O. The highest BCUT2D eigenvalue weighted by molar-refractivity contribution is 4.63. The number of aliphatic hydroxyl groups excluding tert-OH is 3. The standard InChI is InChI=1S/C8H18O4/c1-3-8(6(2)10)12-5-7(11)4-9/h6-11H,3-5H2,1-2H3/t6-,7-,8-/m0/s1. The van der Waals surface area contributed by atoms with Crippen molar-refractivity contribution in [3.63, 3.8) is 0 Å². The molecule has 0 rings (SSSR count). The highest BCUT2D eigenvalue weighted by Crippen LogP contribution is 2.04. The van der Waals surface area contributed by atoms with Crippen LogP contribution in [-0.2, 0) is 4.74 Å². The summed E-state index contributed by atoms with van der Waals surface area (Å²) in [6.07, 6.45) is -0.958. The van der Waals surface area contributed by atoms with Gasteiger partial charge in [0.25, 0.3) is 0 Å². The monoisotopic (exact) mass is 178 g/mol. The second-order valence-corrected chi connectivity index (χ2v) is 2.86. The summed E-state index contributed by atoms with van der Waals surface area (Å²) in [5.41, 5.74) is 0. The van der Waals surface area contributed by atoms with Crippen molar-refractivity contribution in [2.45, 2.75) is 38.6 Å². The molecule has 0 spiro atoms. The van der Waals surface area contributed by atoms with Crippen LogP contribution < -0.4 is 0 Å². The van der Waals surface area contributed by atoms with Crippen molar-refractivity contribution in [2.24, 2.45) is 0 Å². The molecule has 0 heterocycles. The van der Waals surface area contributed by atoms with Gasteiger partial charge in [0.1, 0.15) is 6.10 Å². The molecule has 74 valence electrons. The van der Waals surface area contributed by atoms with Crippen LogP contribution in [-0.4, -0.2) is 46.8 Å². The molecule has 0 aromatic carbocycles. The first-order valence-corrected chi connectivity index (χ1v) is 4.20. The zero-order valence-corrected chi connectivity index (χ0v) is 7.60. The molecule has 4 nitrogen and oxygen atoms in total. The van der Waals surface area contributed by atoms with E-state index in [1.54, 1.807) is 6.92 Å². The average molecular weight is 178 g/mol. The van der Waals surface area contributed by atoms with Crippen LogP contribution in [0.1, 0.15) is 20.3 Å². The van der Waals surface area contributed by atoms with Gasteiger partial charge < -0.3 is 20.1 Å². The fourth-order valence-corrected chi connectivity index (χ4v) is 0.886. The Balaban J connectivity index is 3.58. The number of ether oxygens (including phenoxy) is 1. The van der Waals surface area contributed by atoms with Gasteiger partial charge in [-0.3, -0.25) is 0 Å². The molecule has 0 aliphatic rings. The lowest BCUT2D eigenvalue weighted by molar-refractivity contribution is -0.0709. The smallest absolute Gasteiger partial charge is 0.100 e. The second kappa shape index (κ2) is 6.37. The quantitative estimate of drug-likeness (QED) is 0.513. The molecule has 0 amide bonds. The van der Waals surface area contributed by atoms with Crippen molar-refractivity contribution in [1.29, 1.82) is 0 Å². The van der Waals surface area contributed by atoms with E-state index in [2.05, 4.69) is 0 Å². The molecule has 0 radical (unpaired) electrons. The first-order valence-electron chi connectivity index (χ1n) is 4.20. The zero-order valence-electron chi connectivity index (χ0n) is 7.60. The van der Waals surface area contributed by atoms with Crippen LogP contribution >= 0.6 is 0 Å². The fraction of sp³-hybridized carbons (Fsp3) is 1.00. The largest absolute Gasteiger partial charge is 0.394 e.